The Morgan fingerprint density at radius 1 is 1.50 bits per heavy atom. The number of hydrogen-bond acceptors (Lipinski definition) is 4. The molecule has 0 aromatic carbocycles. The van der Waals surface area contributed by atoms with Crippen LogP contribution in [0.1, 0.15) is 32.3 Å². The van der Waals surface area contributed by atoms with Gasteiger partial charge < -0.3 is 5.32 Å². The highest BCUT2D eigenvalue weighted by molar-refractivity contribution is 7.91. The second-order valence-electron chi connectivity index (χ2n) is 5.30. The van der Waals surface area contributed by atoms with Crippen molar-refractivity contribution in [3.05, 3.63) is 17.0 Å². The smallest absolute Gasteiger partial charge is 0.253 e. The lowest BCUT2D eigenvalue weighted by Crippen LogP contribution is -2.42. The normalized spacial score (nSPS) is 20.4. The Hall–Kier alpha value is -0.430. The molecule has 0 atom stereocenters. The highest BCUT2D eigenvalue weighted by Gasteiger charge is 2.41. The van der Waals surface area contributed by atoms with Gasteiger partial charge in [0, 0.05) is 18.6 Å². The molecule has 18 heavy (non-hydrogen) atoms. The molecule has 1 fully saturated rings. The van der Waals surface area contributed by atoms with E-state index < -0.39 is 10.0 Å². The van der Waals surface area contributed by atoms with Gasteiger partial charge in [-0.2, -0.15) is 4.31 Å². The third-order valence-corrected chi connectivity index (χ3v) is 6.95. The first-order chi connectivity index (χ1) is 8.38. The van der Waals surface area contributed by atoms with E-state index in [1.165, 1.54) is 11.3 Å². The standard InChI is InChI=1S/C12H20N2O2S2/c1-12(2)5-4-6-14(12)18(15,16)11-7-10(8-13-3)9-17-11/h7,9,13H,4-6,8H2,1-3H3. The summed E-state index contributed by atoms with van der Waals surface area (Å²) in [6.07, 6.45) is 1.88. The van der Waals surface area contributed by atoms with Gasteiger partial charge >= 0.3 is 0 Å². The molecule has 1 saturated heterocycles. The van der Waals surface area contributed by atoms with Crippen molar-refractivity contribution < 1.29 is 8.42 Å². The van der Waals surface area contributed by atoms with E-state index in [0.717, 1.165) is 18.4 Å². The van der Waals surface area contributed by atoms with Gasteiger partial charge in [-0.15, -0.1) is 11.3 Å². The fourth-order valence-electron chi connectivity index (χ4n) is 2.42. The van der Waals surface area contributed by atoms with Crippen LogP contribution in [0, 0.1) is 0 Å². The highest BCUT2D eigenvalue weighted by atomic mass is 32.2. The Labute approximate surface area is 113 Å². The van der Waals surface area contributed by atoms with Gasteiger partial charge in [-0.1, -0.05) is 0 Å². The summed E-state index contributed by atoms with van der Waals surface area (Å²) >= 11 is 1.31. The Morgan fingerprint density at radius 2 is 2.22 bits per heavy atom. The summed E-state index contributed by atoms with van der Waals surface area (Å²) in [6, 6.07) is 1.78. The number of hydrogen-bond donors (Lipinski definition) is 1. The molecule has 1 aliphatic heterocycles. The van der Waals surface area contributed by atoms with Crippen molar-refractivity contribution in [2.75, 3.05) is 13.6 Å². The summed E-state index contributed by atoms with van der Waals surface area (Å²) in [7, 11) is -1.46. The lowest BCUT2D eigenvalue weighted by molar-refractivity contribution is 0.292. The van der Waals surface area contributed by atoms with Gasteiger partial charge in [0.15, 0.2) is 0 Å². The maximum absolute atomic E-state index is 12.6. The lowest BCUT2D eigenvalue weighted by Gasteiger charge is -2.29. The molecule has 1 N–H and O–H groups in total. The average Bonchev–Trinajstić information content (AvgIpc) is 2.85. The Kier molecular flexibility index (Phi) is 3.82. The summed E-state index contributed by atoms with van der Waals surface area (Å²) in [6.45, 7) is 5.34. The van der Waals surface area contributed by atoms with Crippen molar-refractivity contribution in [3.63, 3.8) is 0 Å². The van der Waals surface area contributed by atoms with E-state index in [1.54, 1.807) is 10.4 Å². The van der Waals surface area contributed by atoms with Crippen LogP contribution in [0.3, 0.4) is 0 Å². The Bertz CT molecular complexity index is 520. The van der Waals surface area contributed by atoms with Crippen LogP contribution < -0.4 is 5.32 Å². The minimum atomic E-state index is -3.32. The third-order valence-electron chi connectivity index (χ3n) is 3.38. The summed E-state index contributed by atoms with van der Waals surface area (Å²) in [5, 5.41) is 4.94. The lowest BCUT2D eigenvalue weighted by atomic mass is 10.0. The second-order valence-corrected chi connectivity index (χ2v) is 8.30. The van der Waals surface area contributed by atoms with Crippen LogP contribution in [0.15, 0.2) is 15.7 Å². The molecule has 102 valence electrons. The quantitative estimate of drug-likeness (QED) is 0.922. The molecule has 0 bridgehead atoms. The molecule has 0 saturated carbocycles. The summed E-state index contributed by atoms with van der Waals surface area (Å²) in [5.74, 6) is 0. The maximum atomic E-state index is 12.6. The number of thiophene rings is 1. The second kappa shape index (κ2) is 4.92. The van der Waals surface area contributed by atoms with E-state index in [-0.39, 0.29) is 5.54 Å². The van der Waals surface area contributed by atoms with E-state index >= 15 is 0 Å². The average molecular weight is 288 g/mol. The van der Waals surface area contributed by atoms with Crippen molar-refractivity contribution in [3.8, 4) is 0 Å². The molecule has 0 unspecified atom stereocenters. The summed E-state index contributed by atoms with van der Waals surface area (Å²) in [4.78, 5) is 0. The van der Waals surface area contributed by atoms with Crippen molar-refractivity contribution in [2.24, 2.45) is 0 Å². The van der Waals surface area contributed by atoms with Gasteiger partial charge in [0.2, 0.25) is 0 Å². The zero-order chi connectivity index (χ0) is 13.4. The fraction of sp³-hybridized carbons (Fsp3) is 0.667. The Balaban J connectivity index is 2.30. The first-order valence-corrected chi connectivity index (χ1v) is 8.45. The largest absolute Gasteiger partial charge is 0.316 e. The summed E-state index contributed by atoms with van der Waals surface area (Å²) < 4.78 is 27.3. The van der Waals surface area contributed by atoms with Crippen molar-refractivity contribution in [2.45, 2.75) is 43.0 Å². The van der Waals surface area contributed by atoms with E-state index in [1.807, 2.05) is 26.3 Å². The van der Waals surface area contributed by atoms with Gasteiger partial charge in [0.1, 0.15) is 4.21 Å². The predicted octanol–water partition coefficient (Wildman–Crippen LogP) is 2.03. The van der Waals surface area contributed by atoms with Crippen LogP contribution in [0.2, 0.25) is 0 Å². The van der Waals surface area contributed by atoms with Gasteiger partial charge in [0.05, 0.1) is 0 Å². The van der Waals surface area contributed by atoms with E-state index in [4.69, 9.17) is 0 Å². The van der Waals surface area contributed by atoms with Crippen molar-refractivity contribution >= 4 is 21.4 Å². The minimum absolute atomic E-state index is 0.258. The molecule has 0 spiro atoms. The summed E-state index contributed by atoms with van der Waals surface area (Å²) in [5.41, 5.74) is 0.768. The Morgan fingerprint density at radius 3 is 2.78 bits per heavy atom. The number of nitrogens with one attached hydrogen (secondary N) is 1. The number of nitrogens with zero attached hydrogens (tertiary/aromatic N) is 1. The van der Waals surface area contributed by atoms with Crippen LogP contribution in [0.4, 0.5) is 0 Å². The molecule has 0 aliphatic carbocycles. The van der Waals surface area contributed by atoms with E-state index in [0.29, 0.717) is 17.3 Å². The fourth-order valence-corrected chi connectivity index (χ4v) is 5.59. The zero-order valence-corrected chi connectivity index (χ0v) is 12.7. The first kappa shape index (κ1) is 14.0. The molecule has 6 heteroatoms. The maximum Gasteiger partial charge on any atom is 0.253 e. The van der Waals surface area contributed by atoms with E-state index in [9.17, 15) is 8.42 Å². The molecule has 2 rings (SSSR count). The van der Waals surface area contributed by atoms with Crippen LogP contribution in [-0.2, 0) is 16.6 Å². The third kappa shape index (κ3) is 2.47. The molecular weight excluding hydrogens is 268 g/mol. The first-order valence-electron chi connectivity index (χ1n) is 6.13. The van der Waals surface area contributed by atoms with Gasteiger partial charge in [0.25, 0.3) is 10.0 Å². The topological polar surface area (TPSA) is 49.4 Å². The molecule has 1 aromatic rings. The van der Waals surface area contributed by atoms with Crippen molar-refractivity contribution in [1.82, 2.24) is 9.62 Å². The van der Waals surface area contributed by atoms with Crippen LogP contribution in [0.25, 0.3) is 0 Å². The number of rotatable bonds is 4. The molecule has 1 aromatic heterocycles. The van der Waals surface area contributed by atoms with Crippen molar-refractivity contribution in [1.29, 1.82) is 0 Å². The van der Waals surface area contributed by atoms with Gasteiger partial charge in [-0.05, 0) is 50.7 Å². The molecule has 0 radical (unpaired) electrons. The molecule has 2 heterocycles. The predicted molar refractivity (Wildman–Crippen MR) is 74.3 cm³/mol. The SMILES string of the molecule is CNCc1csc(S(=O)(=O)N2CCCC2(C)C)c1. The molecular formula is C12H20N2O2S2. The van der Waals surface area contributed by atoms with Gasteiger partial charge in [-0.3, -0.25) is 0 Å². The zero-order valence-electron chi connectivity index (χ0n) is 11.1. The highest BCUT2D eigenvalue weighted by Crippen LogP contribution is 2.35. The number of sulfonamides is 1. The van der Waals surface area contributed by atoms with Crippen LogP contribution >= 0.6 is 11.3 Å². The van der Waals surface area contributed by atoms with Crippen LogP contribution in [0.5, 0.6) is 0 Å². The molecule has 0 amide bonds. The monoisotopic (exact) mass is 288 g/mol. The van der Waals surface area contributed by atoms with Gasteiger partial charge in [-0.25, -0.2) is 8.42 Å². The molecule has 4 nitrogen and oxygen atoms in total. The minimum Gasteiger partial charge on any atom is -0.316 e. The van der Waals surface area contributed by atoms with E-state index in [2.05, 4.69) is 5.32 Å². The molecule has 1 aliphatic rings. The van der Waals surface area contributed by atoms with Crippen LogP contribution in [-0.4, -0.2) is 31.9 Å².